The molecule has 1 fully saturated rings. The van der Waals surface area contributed by atoms with Crippen LogP contribution in [0.1, 0.15) is 26.0 Å². The van der Waals surface area contributed by atoms with Crippen LogP contribution in [0.2, 0.25) is 0 Å². The molecule has 1 saturated heterocycles. The van der Waals surface area contributed by atoms with E-state index in [-0.39, 0.29) is 16.7 Å². The summed E-state index contributed by atoms with van der Waals surface area (Å²) in [5.41, 5.74) is 0.581. The number of piperidine rings is 1. The fourth-order valence-electron chi connectivity index (χ4n) is 2.91. The predicted molar refractivity (Wildman–Crippen MR) is 78.0 cm³/mol. The summed E-state index contributed by atoms with van der Waals surface area (Å²) in [6.07, 6.45) is 0.989. The molecule has 7 nitrogen and oxygen atoms in total. The van der Waals surface area contributed by atoms with Gasteiger partial charge in [-0.1, -0.05) is 6.92 Å². The highest BCUT2D eigenvalue weighted by Gasteiger charge is 2.30. The van der Waals surface area contributed by atoms with Crippen LogP contribution in [0.5, 0.6) is 0 Å². The Morgan fingerprint density at radius 2 is 2.25 bits per heavy atom. The number of hydrogen-bond donors (Lipinski definition) is 1. The van der Waals surface area contributed by atoms with Crippen molar-refractivity contribution in [2.45, 2.75) is 39.8 Å². The summed E-state index contributed by atoms with van der Waals surface area (Å²) in [6.45, 7) is 8.45. The van der Waals surface area contributed by atoms with Gasteiger partial charge in [0, 0.05) is 19.1 Å². The third-order valence-corrected chi connectivity index (χ3v) is 4.01. The third kappa shape index (κ3) is 2.77. The monoisotopic (exact) mass is 281 g/mol. The van der Waals surface area contributed by atoms with Gasteiger partial charge in [0.2, 0.25) is 5.82 Å². The zero-order valence-corrected chi connectivity index (χ0v) is 12.6. The molecule has 0 aliphatic carbocycles. The zero-order valence-electron chi connectivity index (χ0n) is 12.6. The summed E-state index contributed by atoms with van der Waals surface area (Å²) < 4.78 is 1.69. The molecule has 0 saturated carbocycles. The number of nitrogens with zero attached hydrogens (tertiary/aromatic N) is 4. The van der Waals surface area contributed by atoms with Gasteiger partial charge in [-0.05, 0) is 39.8 Å². The molecule has 1 N–H and O–H groups in total. The molecule has 0 radical (unpaired) electrons. The predicted octanol–water partition coefficient (Wildman–Crippen LogP) is 1.87. The second-order valence-electron chi connectivity index (χ2n) is 5.63. The number of nitro groups is 1. The summed E-state index contributed by atoms with van der Waals surface area (Å²) in [6, 6.07) is 0.256. The number of likely N-dealkylation sites (tertiary alicyclic amines) is 1. The van der Waals surface area contributed by atoms with Crippen LogP contribution in [0.3, 0.4) is 0 Å². The summed E-state index contributed by atoms with van der Waals surface area (Å²) in [4.78, 5) is 13.2. The largest absolute Gasteiger partial charge is 0.361 e. The van der Waals surface area contributed by atoms with Crippen LogP contribution in [0.4, 0.5) is 11.5 Å². The highest BCUT2D eigenvalue weighted by molar-refractivity contribution is 5.60. The van der Waals surface area contributed by atoms with Gasteiger partial charge < -0.3 is 10.2 Å². The molecule has 1 aromatic rings. The molecular formula is C13H23N5O2. The fourth-order valence-corrected chi connectivity index (χ4v) is 2.91. The Kier molecular flexibility index (Phi) is 4.27. The van der Waals surface area contributed by atoms with Crippen molar-refractivity contribution in [3.05, 3.63) is 15.8 Å². The maximum atomic E-state index is 11.3. The van der Waals surface area contributed by atoms with Crippen molar-refractivity contribution in [1.29, 1.82) is 0 Å². The van der Waals surface area contributed by atoms with Crippen LogP contribution in [-0.4, -0.2) is 45.8 Å². The quantitative estimate of drug-likeness (QED) is 0.673. The molecule has 2 unspecified atom stereocenters. The Labute approximate surface area is 119 Å². The number of rotatable bonds is 4. The van der Waals surface area contributed by atoms with Crippen molar-refractivity contribution in [2.24, 2.45) is 5.92 Å². The third-order valence-electron chi connectivity index (χ3n) is 4.01. The summed E-state index contributed by atoms with van der Waals surface area (Å²) >= 11 is 0. The average molecular weight is 281 g/mol. The summed E-state index contributed by atoms with van der Waals surface area (Å²) in [5, 5.41) is 18.9. The minimum Gasteiger partial charge on any atom is -0.361 e. The maximum Gasteiger partial charge on any atom is 0.333 e. The van der Waals surface area contributed by atoms with Crippen molar-refractivity contribution in [3.63, 3.8) is 0 Å². The zero-order chi connectivity index (χ0) is 14.9. The molecule has 20 heavy (non-hydrogen) atoms. The lowest BCUT2D eigenvalue weighted by Gasteiger charge is -2.35. The molecule has 0 spiro atoms. The lowest BCUT2D eigenvalue weighted by molar-refractivity contribution is -0.384. The topological polar surface area (TPSA) is 76.2 Å². The van der Waals surface area contributed by atoms with Crippen LogP contribution in [0, 0.1) is 23.0 Å². The van der Waals surface area contributed by atoms with Crippen molar-refractivity contribution >= 4 is 11.5 Å². The van der Waals surface area contributed by atoms with Crippen LogP contribution in [0.15, 0.2) is 0 Å². The van der Waals surface area contributed by atoms with E-state index >= 15 is 0 Å². The Bertz CT molecular complexity index is 499. The minimum atomic E-state index is -0.337. The molecular weight excluding hydrogens is 258 g/mol. The fraction of sp³-hybridized carbons (Fsp3) is 0.769. The van der Waals surface area contributed by atoms with Gasteiger partial charge in [0.05, 0.1) is 4.92 Å². The number of nitrogens with one attached hydrogen (secondary N) is 1. The smallest absolute Gasteiger partial charge is 0.333 e. The van der Waals surface area contributed by atoms with E-state index in [0.717, 1.165) is 19.5 Å². The first-order valence-electron chi connectivity index (χ1n) is 7.10. The van der Waals surface area contributed by atoms with Crippen molar-refractivity contribution in [2.75, 3.05) is 25.5 Å². The molecule has 1 aromatic heterocycles. The van der Waals surface area contributed by atoms with Crippen LogP contribution in [0.25, 0.3) is 0 Å². The highest BCUT2D eigenvalue weighted by atomic mass is 16.6. The molecule has 0 amide bonds. The first-order valence-corrected chi connectivity index (χ1v) is 7.10. The van der Waals surface area contributed by atoms with Crippen molar-refractivity contribution in [3.8, 4) is 0 Å². The van der Waals surface area contributed by atoms with Gasteiger partial charge in [-0.3, -0.25) is 10.1 Å². The van der Waals surface area contributed by atoms with Gasteiger partial charge >= 0.3 is 5.69 Å². The first-order chi connectivity index (χ1) is 9.43. The molecule has 2 rings (SSSR count). The van der Waals surface area contributed by atoms with E-state index in [4.69, 9.17) is 0 Å². The SMILES string of the molecule is CCn1nc(C)c([N+](=O)[O-])c1NC1CCN(C)CC1C. The molecule has 1 aliphatic heterocycles. The van der Waals surface area contributed by atoms with Crippen LogP contribution in [-0.2, 0) is 6.54 Å². The normalized spacial score (nSPS) is 23.8. The van der Waals surface area contributed by atoms with Crippen LogP contribution >= 0.6 is 0 Å². The van der Waals surface area contributed by atoms with E-state index in [2.05, 4.69) is 29.3 Å². The van der Waals surface area contributed by atoms with Gasteiger partial charge in [0.25, 0.3) is 0 Å². The van der Waals surface area contributed by atoms with Crippen molar-refractivity contribution in [1.82, 2.24) is 14.7 Å². The summed E-state index contributed by atoms with van der Waals surface area (Å²) in [7, 11) is 2.11. The molecule has 2 heterocycles. The van der Waals surface area contributed by atoms with Gasteiger partial charge in [-0.15, -0.1) is 0 Å². The lowest BCUT2D eigenvalue weighted by atomic mass is 9.94. The Morgan fingerprint density at radius 3 is 2.80 bits per heavy atom. The molecule has 1 aliphatic rings. The molecule has 112 valence electrons. The number of anilines is 1. The van der Waals surface area contributed by atoms with E-state index in [1.54, 1.807) is 11.6 Å². The lowest BCUT2D eigenvalue weighted by Crippen LogP contribution is -2.43. The maximum absolute atomic E-state index is 11.3. The summed E-state index contributed by atoms with van der Waals surface area (Å²) in [5.74, 6) is 1.00. The standard InChI is InChI=1S/C13H23N5O2/c1-5-17-13(12(18(19)20)10(3)15-17)14-11-6-7-16(4)8-9(11)2/h9,11,14H,5-8H2,1-4H3. The van der Waals surface area contributed by atoms with Crippen molar-refractivity contribution < 1.29 is 4.92 Å². The number of aryl methyl sites for hydroxylation is 2. The first kappa shape index (κ1) is 14.8. The van der Waals surface area contributed by atoms with Gasteiger partial charge in [-0.2, -0.15) is 5.10 Å². The second kappa shape index (κ2) is 5.78. The number of hydrogen-bond acceptors (Lipinski definition) is 5. The van der Waals surface area contributed by atoms with E-state index in [0.29, 0.717) is 24.0 Å². The van der Waals surface area contributed by atoms with Gasteiger partial charge in [-0.25, -0.2) is 4.68 Å². The van der Waals surface area contributed by atoms with E-state index in [1.165, 1.54) is 0 Å². The Morgan fingerprint density at radius 1 is 1.55 bits per heavy atom. The Balaban J connectivity index is 2.26. The van der Waals surface area contributed by atoms with E-state index in [1.807, 2.05) is 6.92 Å². The van der Waals surface area contributed by atoms with Gasteiger partial charge in [0.1, 0.15) is 5.69 Å². The Hall–Kier alpha value is -1.63. The van der Waals surface area contributed by atoms with Crippen LogP contribution < -0.4 is 5.32 Å². The molecule has 7 heteroatoms. The minimum absolute atomic E-state index is 0.109. The number of aromatic nitrogens is 2. The molecule has 2 atom stereocenters. The second-order valence-corrected chi connectivity index (χ2v) is 5.63. The average Bonchev–Trinajstić information content (AvgIpc) is 2.69. The van der Waals surface area contributed by atoms with Gasteiger partial charge in [0.15, 0.2) is 0 Å². The van der Waals surface area contributed by atoms with E-state index in [9.17, 15) is 10.1 Å². The highest BCUT2D eigenvalue weighted by Crippen LogP contribution is 2.31. The molecule has 0 bridgehead atoms. The molecule has 0 aromatic carbocycles. The van der Waals surface area contributed by atoms with E-state index < -0.39 is 0 Å².